The van der Waals surface area contributed by atoms with Crippen LogP contribution in [-0.2, 0) is 0 Å². The number of fused-ring (bicyclic) bond motifs is 3. The molecule has 3 nitrogen and oxygen atoms in total. The van der Waals surface area contributed by atoms with Gasteiger partial charge in [-0.3, -0.25) is 4.79 Å². The van der Waals surface area contributed by atoms with Gasteiger partial charge in [0.15, 0.2) is 5.43 Å². The highest BCUT2D eigenvalue weighted by Crippen LogP contribution is 2.26. The first-order valence-electron chi connectivity index (χ1n) is 6.11. The lowest BCUT2D eigenvalue weighted by Crippen LogP contribution is -2.20. The molecule has 0 amide bonds. The van der Waals surface area contributed by atoms with Crippen LogP contribution in [0, 0.1) is 0 Å². The molecule has 0 bridgehead atoms. The van der Waals surface area contributed by atoms with Crippen LogP contribution in [0.15, 0.2) is 51.7 Å². The van der Waals surface area contributed by atoms with Crippen LogP contribution in [0.5, 0.6) is 5.95 Å². The van der Waals surface area contributed by atoms with Crippen molar-refractivity contribution in [3.8, 4) is 5.95 Å². The summed E-state index contributed by atoms with van der Waals surface area (Å²) in [5.41, 5.74) is -0.331. The van der Waals surface area contributed by atoms with E-state index in [2.05, 4.69) is 4.74 Å². The minimum atomic E-state index is -3.32. The maximum atomic E-state index is 12.9. The summed E-state index contributed by atoms with van der Waals surface area (Å²) in [6.45, 7) is 0. The summed E-state index contributed by atoms with van der Waals surface area (Å²) < 4.78 is 46.6. The first kappa shape index (κ1) is 13.5. The summed E-state index contributed by atoms with van der Waals surface area (Å²) >= 11 is 0. The van der Waals surface area contributed by atoms with Crippen molar-refractivity contribution in [1.82, 2.24) is 0 Å². The third-order valence-electron chi connectivity index (χ3n) is 3.02. The minimum absolute atomic E-state index is 0.151. The molecule has 0 saturated carbocycles. The van der Waals surface area contributed by atoms with Crippen LogP contribution < -0.4 is 10.2 Å². The predicted molar refractivity (Wildman–Crippen MR) is 71.5 cm³/mol. The van der Waals surface area contributed by atoms with Crippen molar-refractivity contribution < 1.29 is 22.3 Å². The highest BCUT2D eigenvalue weighted by atomic mass is 19.3. The fourth-order valence-electron chi connectivity index (χ4n) is 2.13. The third kappa shape index (κ3) is 2.44. The zero-order valence-corrected chi connectivity index (χ0v) is 10.6. The number of alkyl halides is 3. The quantitative estimate of drug-likeness (QED) is 0.688. The smallest absolute Gasteiger partial charge is 0.304 e. The molecule has 3 aromatic rings. The number of ether oxygens (including phenoxy) is 1. The van der Waals surface area contributed by atoms with E-state index in [1.54, 1.807) is 18.2 Å². The second kappa shape index (κ2) is 5.12. The summed E-state index contributed by atoms with van der Waals surface area (Å²) in [5.74, 6) is -0.574. The molecule has 1 unspecified atom stereocenters. The topological polar surface area (TPSA) is 39.4 Å². The number of hydrogen-bond donors (Lipinski definition) is 0. The van der Waals surface area contributed by atoms with Gasteiger partial charge in [-0.25, -0.2) is 8.78 Å². The van der Waals surface area contributed by atoms with E-state index < -0.39 is 24.2 Å². The van der Waals surface area contributed by atoms with Gasteiger partial charge >= 0.3 is 12.8 Å². The van der Waals surface area contributed by atoms with Crippen LogP contribution >= 0.6 is 0 Å². The van der Waals surface area contributed by atoms with Crippen LogP contribution in [0.25, 0.3) is 21.7 Å². The van der Waals surface area contributed by atoms with Gasteiger partial charge in [-0.1, -0.05) is 30.3 Å². The number of rotatable bonds is 3. The van der Waals surface area contributed by atoms with Crippen molar-refractivity contribution in [1.29, 1.82) is 0 Å². The van der Waals surface area contributed by atoms with Crippen LogP contribution in [0.3, 0.4) is 0 Å². The molecule has 1 heterocycles. The fraction of sp³-hybridized carbons (Fsp3) is 0.133. The lowest BCUT2D eigenvalue weighted by molar-refractivity contribution is -0.0767. The second-order valence-electron chi connectivity index (χ2n) is 4.39. The molecule has 2 aromatic carbocycles. The zero-order valence-electron chi connectivity index (χ0n) is 10.6. The Morgan fingerprint density at radius 2 is 1.81 bits per heavy atom. The Labute approximate surface area is 116 Å². The minimum Gasteiger partial charge on any atom is -0.425 e. The van der Waals surface area contributed by atoms with E-state index in [0.717, 1.165) is 11.5 Å². The van der Waals surface area contributed by atoms with Gasteiger partial charge in [0.2, 0.25) is 0 Å². The molecule has 6 heteroatoms. The summed E-state index contributed by atoms with van der Waals surface area (Å²) in [6, 6.07) is 11.2. The molecule has 0 N–H and O–H groups in total. The summed E-state index contributed by atoms with van der Waals surface area (Å²) in [5, 5.41) is 1.80. The Morgan fingerprint density at radius 3 is 2.57 bits per heavy atom. The van der Waals surface area contributed by atoms with Crippen molar-refractivity contribution in [3.63, 3.8) is 0 Å². The van der Waals surface area contributed by atoms with Crippen LogP contribution in [0.1, 0.15) is 0 Å². The molecular weight excluding hydrogens is 285 g/mol. The molecule has 108 valence electrons. The lowest BCUT2D eigenvalue weighted by atomic mass is 10.1. The number of benzene rings is 2. The highest BCUT2D eigenvalue weighted by Gasteiger charge is 2.22. The van der Waals surface area contributed by atoms with E-state index >= 15 is 0 Å². The van der Waals surface area contributed by atoms with Crippen molar-refractivity contribution in [3.05, 3.63) is 52.7 Å². The Kier molecular flexibility index (Phi) is 3.29. The average molecular weight is 294 g/mol. The van der Waals surface area contributed by atoms with Gasteiger partial charge in [-0.15, -0.1) is 0 Å². The molecule has 1 atom stereocenters. The number of hydrogen-bond acceptors (Lipinski definition) is 3. The molecule has 0 saturated heterocycles. The average Bonchev–Trinajstić information content (AvgIpc) is 2.46. The molecule has 3 rings (SSSR count). The van der Waals surface area contributed by atoms with Crippen molar-refractivity contribution in [2.75, 3.05) is 0 Å². The van der Waals surface area contributed by atoms with E-state index in [-0.39, 0.29) is 5.58 Å². The van der Waals surface area contributed by atoms with Gasteiger partial charge in [0.1, 0.15) is 5.58 Å². The van der Waals surface area contributed by atoms with E-state index in [1.165, 1.54) is 6.07 Å². The Hall–Kier alpha value is -2.50. The van der Waals surface area contributed by atoms with Crippen LogP contribution in [0.2, 0.25) is 0 Å². The van der Waals surface area contributed by atoms with Gasteiger partial charge in [0.05, 0.1) is 11.5 Å². The molecule has 0 aliphatic heterocycles. The van der Waals surface area contributed by atoms with Gasteiger partial charge in [0, 0.05) is 0 Å². The normalized spacial score (nSPS) is 13.0. The van der Waals surface area contributed by atoms with Gasteiger partial charge in [0.25, 0.3) is 5.95 Å². The summed E-state index contributed by atoms with van der Waals surface area (Å²) in [6.07, 6.45) is -6.16. The van der Waals surface area contributed by atoms with E-state index in [0.29, 0.717) is 10.8 Å². The van der Waals surface area contributed by atoms with Gasteiger partial charge in [-0.2, -0.15) is 4.39 Å². The first-order chi connectivity index (χ1) is 10.1. The molecule has 0 radical (unpaired) electrons. The Balaban J connectivity index is 2.17. The SMILES string of the molecule is O=c1cc(OC(F)C(F)F)oc2ccc3ccccc3c12. The predicted octanol–water partition coefficient (Wildman–Crippen LogP) is 3.89. The maximum absolute atomic E-state index is 12.9. The maximum Gasteiger partial charge on any atom is 0.304 e. The molecular formula is C15H9F3O3. The lowest BCUT2D eigenvalue weighted by Gasteiger charge is -2.10. The zero-order chi connectivity index (χ0) is 15.0. The monoisotopic (exact) mass is 294 g/mol. The second-order valence-corrected chi connectivity index (χ2v) is 4.39. The van der Waals surface area contributed by atoms with Crippen molar-refractivity contribution in [2.24, 2.45) is 0 Å². The number of halogens is 3. The molecule has 0 fully saturated rings. The summed E-state index contributed by atoms with van der Waals surface area (Å²) in [4.78, 5) is 12.1. The summed E-state index contributed by atoms with van der Waals surface area (Å²) in [7, 11) is 0. The standard InChI is InChI=1S/C15H9F3O3/c16-14(17)15(18)21-12-7-10(19)13-9-4-2-1-3-8(9)5-6-11(13)20-12/h1-7,14-15H. The van der Waals surface area contributed by atoms with Crippen LogP contribution in [-0.4, -0.2) is 12.8 Å². The Bertz CT molecular complexity index is 858. The largest absolute Gasteiger partial charge is 0.425 e. The van der Waals surface area contributed by atoms with Gasteiger partial charge in [-0.05, 0) is 16.8 Å². The van der Waals surface area contributed by atoms with E-state index in [1.807, 2.05) is 12.1 Å². The van der Waals surface area contributed by atoms with E-state index in [4.69, 9.17) is 4.42 Å². The van der Waals surface area contributed by atoms with Gasteiger partial charge < -0.3 is 9.15 Å². The van der Waals surface area contributed by atoms with Crippen molar-refractivity contribution >= 4 is 21.7 Å². The molecule has 0 aliphatic rings. The van der Waals surface area contributed by atoms with E-state index in [9.17, 15) is 18.0 Å². The van der Waals surface area contributed by atoms with Crippen molar-refractivity contribution in [2.45, 2.75) is 12.8 Å². The first-order valence-corrected chi connectivity index (χ1v) is 6.11. The highest BCUT2D eigenvalue weighted by molar-refractivity contribution is 6.05. The molecule has 0 spiro atoms. The van der Waals surface area contributed by atoms with Crippen LogP contribution in [0.4, 0.5) is 13.2 Å². The third-order valence-corrected chi connectivity index (χ3v) is 3.02. The molecule has 1 aromatic heterocycles. The fourth-order valence-corrected chi connectivity index (χ4v) is 2.13. The molecule has 21 heavy (non-hydrogen) atoms. The molecule has 0 aliphatic carbocycles. The Morgan fingerprint density at radius 1 is 1.05 bits per heavy atom.